The second-order valence-electron chi connectivity index (χ2n) is 3.64. The molecule has 0 radical (unpaired) electrons. The molecular formula is C11H12N2O2. The summed E-state index contributed by atoms with van der Waals surface area (Å²) in [6.45, 7) is 3.81. The van der Waals surface area contributed by atoms with Crippen molar-refractivity contribution in [1.82, 2.24) is 0 Å². The lowest BCUT2D eigenvalue weighted by molar-refractivity contribution is -0.132. The zero-order valence-corrected chi connectivity index (χ0v) is 8.69. The number of hydrogen-bond donors (Lipinski definition) is 1. The molecule has 0 aromatic carbocycles. The van der Waals surface area contributed by atoms with E-state index in [4.69, 9.17) is 5.11 Å². The fourth-order valence-corrected chi connectivity index (χ4v) is 1.84. The predicted molar refractivity (Wildman–Crippen MR) is 58.1 cm³/mol. The molecule has 1 unspecified atom stereocenters. The van der Waals surface area contributed by atoms with Crippen molar-refractivity contribution in [2.45, 2.75) is 20.3 Å². The zero-order chi connectivity index (χ0) is 11.0. The van der Waals surface area contributed by atoms with Gasteiger partial charge in [0, 0.05) is 6.21 Å². The Kier molecular flexibility index (Phi) is 2.26. The maximum Gasteiger partial charge on any atom is 0.334 e. The summed E-state index contributed by atoms with van der Waals surface area (Å²) in [6.07, 6.45) is 4.25. The van der Waals surface area contributed by atoms with Gasteiger partial charge in [-0.1, -0.05) is 13.0 Å². The Hall–Kier alpha value is -1.71. The van der Waals surface area contributed by atoms with E-state index >= 15 is 0 Å². The van der Waals surface area contributed by atoms with Crippen LogP contribution in [0.2, 0.25) is 0 Å². The van der Waals surface area contributed by atoms with Gasteiger partial charge >= 0.3 is 5.97 Å². The minimum atomic E-state index is -0.892. The van der Waals surface area contributed by atoms with Crippen molar-refractivity contribution < 1.29 is 9.90 Å². The molecule has 4 heteroatoms. The summed E-state index contributed by atoms with van der Waals surface area (Å²) in [7, 11) is 0. The smallest absolute Gasteiger partial charge is 0.334 e. The predicted octanol–water partition coefficient (Wildman–Crippen LogP) is 1.79. The van der Waals surface area contributed by atoms with Gasteiger partial charge in [-0.3, -0.25) is 0 Å². The number of allylic oxidation sites excluding steroid dienone is 2. The Labute approximate surface area is 87.7 Å². The Morgan fingerprint density at radius 2 is 2.33 bits per heavy atom. The highest BCUT2D eigenvalue weighted by molar-refractivity contribution is 6.09. The first-order chi connectivity index (χ1) is 7.13. The molecule has 0 saturated carbocycles. The number of nitrogens with zero attached hydrogens (tertiary/aromatic N) is 2. The first-order valence-corrected chi connectivity index (χ1v) is 4.91. The normalized spacial score (nSPS) is 23.7. The summed E-state index contributed by atoms with van der Waals surface area (Å²) in [5.74, 6) is -0.533. The molecule has 0 aliphatic carbocycles. The van der Waals surface area contributed by atoms with Crippen LogP contribution < -0.4 is 0 Å². The number of dihydropyridines is 1. The van der Waals surface area contributed by atoms with Gasteiger partial charge < -0.3 is 5.11 Å². The number of rotatable bonds is 2. The zero-order valence-electron chi connectivity index (χ0n) is 8.69. The van der Waals surface area contributed by atoms with E-state index in [0.29, 0.717) is 23.5 Å². The molecular weight excluding hydrogens is 192 g/mol. The molecule has 2 heterocycles. The summed E-state index contributed by atoms with van der Waals surface area (Å²) >= 11 is 0. The van der Waals surface area contributed by atoms with Crippen molar-refractivity contribution in [2.75, 3.05) is 0 Å². The summed E-state index contributed by atoms with van der Waals surface area (Å²) in [5, 5.41) is 9.13. The van der Waals surface area contributed by atoms with Gasteiger partial charge in [-0.25, -0.2) is 14.8 Å². The molecule has 78 valence electrons. The third-order valence-electron chi connectivity index (χ3n) is 2.54. The van der Waals surface area contributed by atoms with Gasteiger partial charge in [0.05, 0.1) is 17.2 Å². The molecule has 1 N–H and O–H groups in total. The van der Waals surface area contributed by atoms with E-state index in [0.717, 1.165) is 5.57 Å². The van der Waals surface area contributed by atoms with E-state index in [1.807, 2.05) is 19.9 Å². The maximum absolute atomic E-state index is 11.1. The third kappa shape index (κ3) is 1.52. The molecule has 2 aliphatic heterocycles. The fourth-order valence-electron chi connectivity index (χ4n) is 1.84. The van der Waals surface area contributed by atoms with Crippen molar-refractivity contribution in [3.63, 3.8) is 0 Å². The van der Waals surface area contributed by atoms with Crippen LogP contribution >= 0.6 is 0 Å². The topological polar surface area (TPSA) is 62.0 Å². The quantitative estimate of drug-likeness (QED) is 0.745. The minimum absolute atomic E-state index is 0.248. The van der Waals surface area contributed by atoms with Crippen molar-refractivity contribution in [2.24, 2.45) is 15.9 Å². The van der Waals surface area contributed by atoms with E-state index in [-0.39, 0.29) is 5.92 Å². The molecule has 0 fully saturated rings. The van der Waals surface area contributed by atoms with Crippen LogP contribution in [-0.4, -0.2) is 23.1 Å². The second kappa shape index (κ2) is 3.46. The van der Waals surface area contributed by atoms with Gasteiger partial charge in [-0.05, 0) is 18.9 Å². The fraction of sp³-hybridized carbons (Fsp3) is 0.364. The highest BCUT2D eigenvalue weighted by Gasteiger charge is 2.33. The van der Waals surface area contributed by atoms with Gasteiger partial charge in [0.25, 0.3) is 0 Å². The van der Waals surface area contributed by atoms with Gasteiger partial charge in [0.15, 0.2) is 0 Å². The Morgan fingerprint density at radius 1 is 1.60 bits per heavy atom. The molecule has 4 nitrogen and oxygen atoms in total. The standard InChI is InChI=1S/C11H12N2O2/c1-3-8-9(11(14)15)7-4-6(2)5-12-10(7)13-8/h4-5,7H,3H2,1-2H3,(H,14,15). The Morgan fingerprint density at radius 3 is 2.93 bits per heavy atom. The number of fused-ring (bicyclic) bond motifs is 1. The van der Waals surface area contributed by atoms with E-state index in [9.17, 15) is 4.79 Å². The summed E-state index contributed by atoms with van der Waals surface area (Å²) in [5.41, 5.74) is 2.00. The molecule has 0 amide bonds. The number of hydrogen-bond acceptors (Lipinski definition) is 3. The summed E-state index contributed by atoms with van der Waals surface area (Å²) in [4.78, 5) is 19.5. The maximum atomic E-state index is 11.1. The third-order valence-corrected chi connectivity index (χ3v) is 2.54. The molecule has 15 heavy (non-hydrogen) atoms. The van der Waals surface area contributed by atoms with Crippen LogP contribution in [-0.2, 0) is 4.79 Å². The average molecular weight is 204 g/mol. The van der Waals surface area contributed by atoms with Gasteiger partial charge in [0.2, 0.25) is 0 Å². The molecule has 0 bridgehead atoms. The molecule has 0 spiro atoms. The van der Waals surface area contributed by atoms with E-state index in [2.05, 4.69) is 9.98 Å². The first kappa shape index (κ1) is 9.83. The van der Waals surface area contributed by atoms with Gasteiger partial charge in [-0.15, -0.1) is 0 Å². The number of carboxylic acid groups (broad SMARTS) is 1. The largest absolute Gasteiger partial charge is 0.478 e. The number of amidine groups is 1. The SMILES string of the molecule is CCC1=C(C(=O)O)C2C=C(C)C=NC2=N1. The van der Waals surface area contributed by atoms with Crippen LogP contribution in [0.25, 0.3) is 0 Å². The molecule has 0 aromatic heterocycles. The van der Waals surface area contributed by atoms with E-state index in [1.54, 1.807) is 6.21 Å². The lowest BCUT2D eigenvalue weighted by Gasteiger charge is -2.12. The van der Waals surface area contributed by atoms with Crippen LogP contribution in [0.15, 0.2) is 32.9 Å². The van der Waals surface area contributed by atoms with Crippen LogP contribution in [0.4, 0.5) is 0 Å². The number of aliphatic carboxylic acids is 1. The van der Waals surface area contributed by atoms with Gasteiger partial charge in [0.1, 0.15) is 5.84 Å². The lowest BCUT2D eigenvalue weighted by atomic mass is 9.94. The van der Waals surface area contributed by atoms with Crippen LogP contribution in [0.5, 0.6) is 0 Å². The lowest BCUT2D eigenvalue weighted by Crippen LogP contribution is -2.18. The van der Waals surface area contributed by atoms with Crippen molar-refractivity contribution in [3.05, 3.63) is 22.9 Å². The van der Waals surface area contributed by atoms with E-state index < -0.39 is 5.97 Å². The van der Waals surface area contributed by atoms with Crippen molar-refractivity contribution in [3.8, 4) is 0 Å². The Bertz CT molecular complexity index is 442. The summed E-state index contributed by atoms with van der Waals surface area (Å²) < 4.78 is 0. The van der Waals surface area contributed by atoms with Crippen molar-refractivity contribution in [1.29, 1.82) is 0 Å². The second-order valence-corrected chi connectivity index (χ2v) is 3.64. The highest BCUT2D eigenvalue weighted by Crippen LogP contribution is 2.31. The minimum Gasteiger partial charge on any atom is -0.478 e. The number of carboxylic acids is 1. The number of carbonyl (C=O) groups is 1. The van der Waals surface area contributed by atoms with Crippen LogP contribution in [0, 0.1) is 5.92 Å². The van der Waals surface area contributed by atoms with E-state index in [1.165, 1.54) is 0 Å². The molecule has 0 saturated heterocycles. The molecule has 2 aliphatic rings. The van der Waals surface area contributed by atoms with Crippen LogP contribution in [0.1, 0.15) is 20.3 Å². The monoisotopic (exact) mass is 204 g/mol. The average Bonchev–Trinajstić information content (AvgIpc) is 2.55. The molecule has 1 atom stereocenters. The van der Waals surface area contributed by atoms with Crippen LogP contribution in [0.3, 0.4) is 0 Å². The summed E-state index contributed by atoms with van der Waals surface area (Å²) in [6, 6.07) is 0. The number of aliphatic imine (C=N–C) groups is 2. The molecule has 2 rings (SSSR count). The first-order valence-electron chi connectivity index (χ1n) is 4.91. The Balaban J connectivity index is 2.47. The highest BCUT2D eigenvalue weighted by atomic mass is 16.4. The van der Waals surface area contributed by atoms with Gasteiger partial charge in [-0.2, -0.15) is 0 Å². The molecule has 0 aromatic rings. The van der Waals surface area contributed by atoms with Crippen molar-refractivity contribution >= 4 is 18.0 Å².